The number of ether oxygens (including phenoxy) is 1. The van der Waals surface area contributed by atoms with Crippen molar-refractivity contribution < 1.29 is 9.53 Å². The molecule has 2 aromatic rings. The summed E-state index contributed by atoms with van der Waals surface area (Å²) in [4.78, 5) is 19.5. The first-order valence-corrected chi connectivity index (χ1v) is 10.1. The zero-order valence-electron chi connectivity index (χ0n) is 16.4. The molecule has 27 heavy (non-hydrogen) atoms. The Labute approximate surface area is 161 Å². The number of piperidine rings is 1. The molecule has 5 heteroatoms. The number of rotatable bonds is 5. The molecule has 0 atom stereocenters. The number of amides is 1. The van der Waals surface area contributed by atoms with Crippen molar-refractivity contribution in [3.05, 3.63) is 47.5 Å². The van der Waals surface area contributed by atoms with Crippen LogP contribution in [0.1, 0.15) is 61.1 Å². The number of benzene rings is 1. The van der Waals surface area contributed by atoms with Crippen LogP contribution >= 0.6 is 0 Å². The first kappa shape index (κ1) is 18.1. The molecule has 1 aromatic heterocycles. The molecular weight excluding hydrogens is 338 g/mol. The summed E-state index contributed by atoms with van der Waals surface area (Å²) in [5.41, 5.74) is 2.28. The average molecular weight is 367 g/mol. The largest absolute Gasteiger partial charge is 0.497 e. The molecule has 4 rings (SSSR count). The first-order valence-electron chi connectivity index (χ1n) is 10.1. The van der Waals surface area contributed by atoms with Crippen LogP contribution < -0.4 is 4.74 Å². The van der Waals surface area contributed by atoms with Gasteiger partial charge in [0, 0.05) is 36.9 Å². The Bertz CT molecular complexity index is 802. The number of hydrogen-bond acceptors (Lipinski definition) is 3. The lowest BCUT2D eigenvalue weighted by Crippen LogP contribution is -2.40. The number of nitrogens with zero attached hydrogens (tertiary/aromatic N) is 3. The SMILES string of the molecule is COc1cccc(CC(=O)N2CCC(n3c(C)cnc3C3CCC3)CC2)c1. The van der Waals surface area contributed by atoms with E-state index >= 15 is 0 Å². The normalized spacial score (nSPS) is 18.4. The standard InChI is InChI=1S/C22H29N3O2/c1-16-15-23-22(18-6-4-7-18)25(16)19-9-11-24(12-10-19)21(26)14-17-5-3-8-20(13-17)27-2/h3,5,8,13,15,18-19H,4,6-7,9-12,14H2,1-2H3. The highest BCUT2D eigenvalue weighted by Gasteiger charge is 2.30. The fourth-order valence-electron chi connectivity index (χ4n) is 4.35. The van der Waals surface area contributed by atoms with Crippen molar-refractivity contribution in [3.8, 4) is 5.75 Å². The minimum Gasteiger partial charge on any atom is -0.497 e. The summed E-state index contributed by atoms with van der Waals surface area (Å²) >= 11 is 0. The van der Waals surface area contributed by atoms with E-state index in [0.717, 1.165) is 37.2 Å². The van der Waals surface area contributed by atoms with Crippen molar-refractivity contribution >= 4 is 5.91 Å². The van der Waals surface area contributed by atoms with Gasteiger partial charge in [-0.25, -0.2) is 4.98 Å². The van der Waals surface area contributed by atoms with Gasteiger partial charge in [0.2, 0.25) is 5.91 Å². The predicted octanol–water partition coefficient (Wildman–Crippen LogP) is 3.87. The summed E-state index contributed by atoms with van der Waals surface area (Å²) in [7, 11) is 1.65. The molecule has 0 spiro atoms. The van der Waals surface area contributed by atoms with Gasteiger partial charge in [0.1, 0.15) is 11.6 Å². The van der Waals surface area contributed by atoms with Crippen LogP contribution in [0.25, 0.3) is 0 Å². The van der Waals surface area contributed by atoms with Crippen molar-refractivity contribution in [1.29, 1.82) is 0 Å². The second-order valence-electron chi connectivity index (χ2n) is 7.90. The van der Waals surface area contributed by atoms with Gasteiger partial charge in [-0.2, -0.15) is 0 Å². The van der Waals surface area contributed by atoms with Crippen LogP contribution in [0, 0.1) is 6.92 Å². The Balaban J connectivity index is 1.37. The van der Waals surface area contributed by atoms with Gasteiger partial charge in [-0.05, 0) is 50.3 Å². The monoisotopic (exact) mass is 367 g/mol. The van der Waals surface area contributed by atoms with Gasteiger partial charge in [-0.1, -0.05) is 18.6 Å². The summed E-state index contributed by atoms with van der Waals surface area (Å²) in [6.45, 7) is 3.82. The molecule has 0 radical (unpaired) electrons. The molecule has 5 nitrogen and oxygen atoms in total. The van der Waals surface area contributed by atoms with Gasteiger partial charge in [-0.3, -0.25) is 4.79 Å². The molecule has 2 heterocycles. The highest BCUT2D eigenvalue weighted by molar-refractivity contribution is 5.79. The molecule has 1 saturated carbocycles. The summed E-state index contributed by atoms with van der Waals surface area (Å²) in [6.07, 6.45) is 8.37. The second kappa shape index (κ2) is 7.75. The third-order valence-corrected chi connectivity index (χ3v) is 6.15. The quantitative estimate of drug-likeness (QED) is 0.806. The maximum Gasteiger partial charge on any atom is 0.226 e. The number of carbonyl (C=O) groups is 1. The first-order chi connectivity index (χ1) is 13.2. The molecule has 1 saturated heterocycles. The van der Waals surface area contributed by atoms with E-state index in [1.54, 1.807) is 7.11 Å². The number of methoxy groups -OCH3 is 1. The smallest absolute Gasteiger partial charge is 0.226 e. The summed E-state index contributed by atoms with van der Waals surface area (Å²) in [5, 5.41) is 0. The Morgan fingerprint density at radius 1 is 1.22 bits per heavy atom. The average Bonchev–Trinajstić information content (AvgIpc) is 3.01. The van der Waals surface area contributed by atoms with Crippen LogP contribution in [-0.4, -0.2) is 40.6 Å². The van der Waals surface area contributed by atoms with Gasteiger partial charge in [0.25, 0.3) is 0 Å². The number of likely N-dealkylation sites (tertiary alicyclic amines) is 1. The number of aromatic nitrogens is 2. The molecule has 1 amide bonds. The predicted molar refractivity (Wildman–Crippen MR) is 105 cm³/mol. The van der Waals surface area contributed by atoms with E-state index in [1.807, 2.05) is 35.4 Å². The Morgan fingerprint density at radius 3 is 2.67 bits per heavy atom. The molecule has 144 valence electrons. The zero-order valence-corrected chi connectivity index (χ0v) is 16.4. The summed E-state index contributed by atoms with van der Waals surface area (Å²) in [5.74, 6) is 2.94. The van der Waals surface area contributed by atoms with E-state index in [-0.39, 0.29) is 5.91 Å². The third-order valence-electron chi connectivity index (χ3n) is 6.15. The van der Waals surface area contributed by atoms with Crippen molar-refractivity contribution in [3.63, 3.8) is 0 Å². The molecule has 1 aromatic carbocycles. The minimum atomic E-state index is 0.211. The fourth-order valence-corrected chi connectivity index (χ4v) is 4.35. The molecule has 0 unspecified atom stereocenters. The van der Waals surface area contributed by atoms with Crippen molar-refractivity contribution in [2.24, 2.45) is 0 Å². The Kier molecular flexibility index (Phi) is 5.19. The van der Waals surface area contributed by atoms with Crippen LogP contribution in [0.5, 0.6) is 5.75 Å². The fraction of sp³-hybridized carbons (Fsp3) is 0.545. The van der Waals surface area contributed by atoms with Crippen LogP contribution in [-0.2, 0) is 11.2 Å². The van der Waals surface area contributed by atoms with Gasteiger partial charge in [0.05, 0.1) is 13.5 Å². The van der Waals surface area contributed by atoms with Gasteiger partial charge >= 0.3 is 0 Å². The summed E-state index contributed by atoms with van der Waals surface area (Å²) < 4.78 is 7.73. The zero-order chi connectivity index (χ0) is 18.8. The lowest BCUT2D eigenvalue weighted by molar-refractivity contribution is -0.131. The van der Waals surface area contributed by atoms with E-state index in [9.17, 15) is 4.79 Å². The Hall–Kier alpha value is -2.30. The topological polar surface area (TPSA) is 47.4 Å². The molecule has 0 N–H and O–H groups in total. The van der Waals surface area contributed by atoms with Gasteiger partial charge in [-0.15, -0.1) is 0 Å². The molecule has 1 aliphatic carbocycles. The van der Waals surface area contributed by atoms with E-state index in [4.69, 9.17) is 9.72 Å². The maximum absolute atomic E-state index is 12.7. The highest BCUT2D eigenvalue weighted by atomic mass is 16.5. The molecule has 2 fully saturated rings. The highest BCUT2D eigenvalue weighted by Crippen LogP contribution is 2.38. The minimum absolute atomic E-state index is 0.211. The van der Waals surface area contributed by atoms with E-state index < -0.39 is 0 Å². The summed E-state index contributed by atoms with van der Waals surface area (Å²) in [6, 6.07) is 8.27. The van der Waals surface area contributed by atoms with Crippen LogP contribution in [0.2, 0.25) is 0 Å². The number of hydrogen-bond donors (Lipinski definition) is 0. The van der Waals surface area contributed by atoms with E-state index in [1.165, 1.54) is 30.8 Å². The lowest BCUT2D eigenvalue weighted by atomic mass is 9.84. The van der Waals surface area contributed by atoms with E-state index in [0.29, 0.717) is 18.4 Å². The second-order valence-corrected chi connectivity index (χ2v) is 7.90. The maximum atomic E-state index is 12.7. The lowest BCUT2D eigenvalue weighted by Gasteiger charge is -2.36. The Morgan fingerprint density at radius 2 is 2.00 bits per heavy atom. The molecule has 0 bridgehead atoms. The number of imidazole rings is 1. The molecular formula is C22H29N3O2. The number of carbonyl (C=O) groups excluding carboxylic acids is 1. The van der Waals surface area contributed by atoms with Crippen molar-refractivity contribution in [2.75, 3.05) is 20.2 Å². The third kappa shape index (κ3) is 3.73. The number of aryl methyl sites for hydroxylation is 1. The van der Waals surface area contributed by atoms with E-state index in [2.05, 4.69) is 11.5 Å². The van der Waals surface area contributed by atoms with Crippen LogP contribution in [0.3, 0.4) is 0 Å². The van der Waals surface area contributed by atoms with Crippen LogP contribution in [0.15, 0.2) is 30.5 Å². The molecule has 1 aliphatic heterocycles. The van der Waals surface area contributed by atoms with Gasteiger partial charge in [0.15, 0.2) is 0 Å². The van der Waals surface area contributed by atoms with Crippen LogP contribution in [0.4, 0.5) is 0 Å². The molecule has 2 aliphatic rings. The van der Waals surface area contributed by atoms with Crippen molar-refractivity contribution in [2.45, 2.75) is 57.4 Å². The van der Waals surface area contributed by atoms with Crippen molar-refractivity contribution in [1.82, 2.24) is 14.5 Å². The van der Waals surface area contributed by atoms with Gasteiger partial charge < -0.3 is 14.2 Å².